The van der Waals surface area contributed by atoms with E-state index in [1.807, 2.05) is 6.20 Å². The molecule has 1 N–H and O–H groups in total. The van der Waals surface area contributed by atoms with Gasteiger partial charge in [-0.25, -0.2) is 4.98 Å². The molecule has 0 bridgehead atoms. The monoisotopic (exact) mass is 230 g/mol. The van der Waals surface area contributed by atoms with E-state index < -0.39 is 0 Å². The number of hydrogen-bond acceptors (Lipinski definition) is 2. The summed E-state index contributed by atoms with van der Waals surface area (Å²) in [6.07, 6.45) is 2.71. The quantitative estimate of drug-likeness (QED) is 0.877. The van der Waals surface area contributed by atoms with Crippen molar-refractivity contribution in [2.45, 2.75) is 20.3 Å². The molecule has 0 saturated heterocycles. The summed E-state index contributed by atoms with van der Waals surface area (Å²) in [5, 5.41) is 0. The van der Waals surface area contributed by atoms with E-state index in [0.29, 0.717) is 6.61 Å². The van der Waals surface area contributed by atoms with Crippen LogP contribution in [-0.2, 0) is 11.2 Å². The molecule has 0 atom stereocenters. The predicted octanol–water partition coefficient (Wildman–Crippen LogP) is 2.88. The van der Waals surface area contributed by atoms with E-state index in [0.717, 1.165) is 17.9 Å². The molecule has 0 aliphatic carbocycles. The number of methoxy groups -OCH3 is 1. The van der Waals surface area contributed by atoms with Gasteiger partial charge in [0.05, 0.1) is 18.5 Å². The van der Waals surface area contributed by atoms with E-state index in [9.17, 15) is 0 Å². The number of nitrogens with one attached hydrogen (secondary N) is 1. The third-order valence-corrected chi connectivity index (χ3v) is 2.70. The molecule has 1 heterocycles. The lowest BCUT2D eigenvalue weighted by Crippen LogP contribution is -1.96. The van der Waals surface area contributed by atoms with Gasteiger partial charge in [-0.2, -0.15) is 0 Å². The maximum atomic E-state index is 5.04. The van der Waals surface area contributed by atoms with E-state index in [-0.39, 0.29) is 0 Å². The number of H-pyrrole nitrogens is 1. The molecule has 0 spiro atoms. The minimum absolute atomic E-state index is 0.694. The summed E-state index contributed by atoms with van der Waals surface area (Å²) in [6, 6.07) is 6.51. The van der Waals surface area contributed by atoms with Crippen molar-refractivity contribution in [1.82, 2.24) is 9.97 Å². The zero-order valence-corrected chi connectivity index (χ0v) is 10.6. The van der Waals surface area contributed by atoms with Crippen LogP contribution in [-0.4, -0.2) is 23.7 Å². The third kappa shape index (κ3) is 2.94. The number of hydrogen-bond donors (Lipinski definition) is 1. The molecule has 2 aromatic rings. The van der Waals surface area contributed by atoms with Crippen LogP contribution < -0.4 is 0 Å². The van der Waals surface area contributed by atoms with Gasteiger partial charge < -0.3 is 9.72 Å². The summed E-state index contributed by atoms with van der Waals surface area (Å²) in [7, 11) is 1.70. The molecule has 0 aliphatic rings. The number of nitrogens with zero attached hydrogens (tertiary/aromatic N) is 1. The molecule has 3 heteroatoms. The van der Waals surface area contributed by atoms with E-state index in [1.54, 1.807) is 7.11 Å². The van der Waals surface area contributed by atoms with Gasteiger partial charge in [-0.3, -0.25) is 0 Å². The molecular formula is C14H18N2O. The summed E-state index contributed by atoms with van der Waals surface area (Å²) in [5.74, 6) is 0.973. The molecule has 0 aliphatic heterocycles. The van der Waals surface area contributed by atoms with Crippen LogP contribution in [0.3, 0.4) is 0 Å². The molecule has 3 nitrogen and oxygen atoms in total. The fraction of sp³-hybridized carbons (Fsp3) is 0.357. The molecule has 0 unspecified atom stereocenters. The average molecular weight is 230 g/mol. The molecule has 0 radical (unpaired) electrons. The summed E-state index contributed by atoms with van der Waals surface area (Å²) < 4.78 is 5.04. The second kappa shape index (κ2) is 5.15. The second-order valence-corrected chi connectivity index (χ2v) is 4.36. The van der Waals surface area contributed by atoms with E-state index in [2.05, 4.69) is 42.0 Å². The van der Waals surface area contributed by atoms with Gasteiger partial charge in [-0.15, -0.1) is 0 Å². The lowest BCUT2D eigenvalue weighted by atomic mass is 10.1. The van der Waals surface area contributed by atoms with E-state index >= 15 is 0 Å². The van der Waals surface area contributed by atoms with Gasteiger partial charge in [0.25, 0.3) is 0 Å². The Labute approximate surface area is 102 Å². The third-order valence-electron chi connectivity index (χ3n) is 2.70. The number of benzene rings is 1. The van der Waals surface area contributed by atoms with Crippen LogP contribution in [0.5, 0.6) is 0 Å². The highest BCUT2D eigenvalue weighted by atomic mass is 16.5. The van der Waals surface area contributed by atoms with Crippen molar-refractivity contribution in [1.29, 1.82) is 0 Å². The molecular weight excluding hydrogens is 212 g/mol. The first kappa shape index (κ1) is 11.9. The summed E-state index contributed by atoms with van der Waals surface area (Å²) in [6.45, 7) is 4.91. The van der Waals surface area contributed by atoms with Crippen molar-refractivity contribution in [2.24, 2.45) is 0 Å². The smallest absolute Gasteiger partial charge is 0.108 e. The van der Waals surface area contributed by atoms with Crippen molar-refractivity contribution in [3.05, 3.63) is 41.3 Å². The molecule has 0 fully saturated rings. The first-order valence-electron chi connectivity index (χ1n) is 5.80. The zero-order valence-electron chi connectivity index (χ0n) is 10.6. The number of aromatic nitrogens is 2. The Bertz CT molecular complexity index is 482. The van der Waals surface area contributed by atoms with Gasteiger partial charge in [0.1, 0.15) is 5.82 Å². The van der Waals surface area contributed by atoms with Gasteiger partial charge in [0, 0.05) is 19.1 Å². The Hall–Kier alpha value is -1.61. The van der Waals surface area contributed by atoms with E-state index in [4.69, 9.17) is 4.74 Å². The first-order valence-corrected chi connectivity index (χ1v) is 5.80. The van der Waals surface area contributed by atoms with Crippen molar-refractivity contribution in [3.8, 4) is 11.3 Å². The number of ether oxygens (including phenoxy) is 1. The molecule has 17 heavy (non-hydrogen) atoms. The van der Waals surface area contributed by atoms with Gasteiger partial charge in [-0.05, 0) is 26.0 Å². The molecule has 2 rings (SSSR count). The molecule has 1 aromatic carbocycles. The van der Waals surface area contributed by atoms with Crippen molar-refractivity contribution in [3.63, 3.8) is 0 Å². The SMILES string of the molecule is COCCc1ncc(-c2cc(C)cc(C)c2)[nH]1. The molecule has 0 saturated carbocycles. The normalized spacial score (nSPS) is 10.8. The number of rotatable bonds is 4. The van der Waals surface area contributed by atoms with Crippen LogP contribution in [0.15, 0.2) is 24.4 Å². The van der Waals surface area contributed by atoms with Gasteiger partial charge in [0.15, 0.2) is 0 Å². The van der Waals surface area contributed by atoms with Crippen molar-refractivity contribution < 1.29 is 4.74 Å². The highest BCUT2D eigenvalue weighted by molar-refractivity contribution is 5.60. The second-order valence-electron chi connectivity index (χ2n) is 4.36. The first-order chi connectivity index (χ1) is 8.19. The number of aryl methyl sites for hydroxylation is 2. The average Bonchev–Trinajstić information content (AvgIpc) is 2.73. The molecule has 0 amide bonds. The van der Waals surface area contributed by atoms with Crippen LogP contribution in [0.2, 0.25) is 0 Å². The fourth-order valence-electron chi connectivity index (χ4n) is 1.97. The maximum absolute atomic E-state index is 5.04. The number of aromatic amines is 1. The van der Waals surface area contributed by atoms with Crippen LogP contribution >= 0.6 is 0 Å². The fourth-order valence-corrected chi connectivity index (χ4v) is 1.97. The topological polar surface area (TPSA) is 37.9 Å². The van der Waals surface area contributed by atoms with Gasteiger partial charge >= 0.3 is 0 Å². The number of imidazole rings is 1. The van der Waals surface area contributed by atoms with Gasteiger partial charge in [-0.1, -0.05) is 17.2 Å². The van der Waals surface area contributed by atoms with E-state index in [1.165, 1.54) is 16.7 Å². The summed E-state index contributed by atoms with van der Waals surface area (Å²) in [5.41, 5.74) is 4.81. The standard InChI is InChI=1S/C14H18N2O/c1-10-6-11(2)8-12(7-10)13-9-15-14(16-13)4-5-17-3/h6-9H,4-5H2,1-3H3,(H,15,16). The van der Waals surface area contributed by atoms with Crippen LogP contribution in [0.1, 0.15) is 17.0 Å². The van der Waals surface area contributed by atoms with Crippen LogP contribution in [0, 0.1) is 13.8 Å². The lowest BCUT2D eigenvalue weighted by molar-refractivity contribution is 0.200. The molecule has 90 valence electrons. The minimum Gasteiger partial charge on any atom is -0.384 e. The van der Waals surface area contributed by atoms with Crippen LogP contribution in [0.25, 0.3) is 11.3 Å². The van der Waals surface area contributed by atoms with Crippen molar-refractivity contribution in [2.75, 3.05) is 13.7 Å². The Morgan fingerprint density at radius 3 is 2.53 bits per heavy atom. The highest BCUT2D eigenvalue weighted by Gasteiger charge is 2.04. The summed E-state index contributed by atoms with van der Waals surface area (Å²) >= 11 is 0. The predicted molar refractivity (Wildman–Crippen MR) is 69.1 cm³/mol. The van der Waals surface area contributed by atoms with Crippen molar-refractivity contribution >= 4 is 0 Å². The largest absolute Gasteiger partial charge is 0.384 e. The Morgan fingerprint density at radius 1 is 1.18 bits per heavy atom. The van der Waals surface area contributed by atoms with Crippen LogP contribution in [0.4, 0.5) is 0 Å². The minimum atomic E-state index is 0.694. The Kier molecular flexibility index (Phi) is 3.59. The Morgan fingerprint density at radius 2 is 1.88 bits per heavy atom. The summed E-state index contributed by atoms with van der Waals surface area (Å²) in [4.78, 5) is 7.68. The van der Waals surface area contributed by atoms with Gasteiger partial charge in [0.2, 0.25) is 0 Å². The maximum Gasteiger partial charge on any atom is 0.108 e. The lowest BCUT2D eigenvalue weighted by Gasteiger charge is -2.02. The highest BCUT2D eigenvalue weighted by Crippen LogP contribution is 2.20. The molecule has 1 aromatic heterocycles. The Balaban J connectivity index is 2.24. The zero-order chi connectivity index (χ0) is 12.3.